The Kier molecular flexibility index (Phi) is 11.2. The predicted molar refractivity (Wildman–Crippen MR) is 176 cm³/mol. The van der Waals surface area contributed by atoms with Crippen LogP contribution in [-0.2, 0) is 13.0 Å². The Morgan fingerprint density at radius 3 is 1.93 bits per heavy atom. The van der Waals surface area contributed by atoms with Crippen molar-refractivity contribution in [2.75, 3.05) is 34.7 Å². The lowest BCUT2D eigenvalue weighted by Crippen LogP contribution is -2.36. The highest BCUT2D eigenvalue weighted by atomic mass is 16.3. The van der Waals surface area contributed by atoms with Crippen molar-refractivity contribution >= 4 is 52.8 Å². The fourth-order valence-electron chi connectivity index (χ4n) is 3.53. The molecule has 3 aromatic heterocycles. The molecule has 3 aromatic rings. The minimum Gasteiger partial charge on any atom is -0.467 e. The molecule has 18 heteroatoms. The Morgan fingerprint density at radius 2 is 1.31 bits per heavy atom. The van der Waals surface area contributed by atoms with Crippen LogP contribution in [0.5, 0.6) is 0 Å². The molecule has 0 saturated carbocycles. The van der Waals surface area contributed by atoms with Gasteiger partial charge < -0.3 is 62.4 Å². The van der Waals surface area contributed by atoms with Gasteiger partial charge in [-0.05, 0) is 13.8 Å². The van der Waals surface area contributed by atoms with Gasteiger partial charge in [-0.3, -0.25) is 0 Å². The van der Waals surface area contributed by atoms with Gasteiger partial charge in [0.15, 0.2) is 17.9 Å². The van der Waals surface area contributed by atoms with Gasteiger partial charge in [-0.15, -0.1) is 0 Å². The Morgan fingerprint density at radius 1 is 0.711 bits per heavy atom. The summed E-state index contributed by atoms with van der Waals surface area (Å²) in [5.74, 6) is 2.35. The number of hydrogen-bond donors (Lipinski definition) is 6. The van der Waals surface area contributed by atoms with E-state index in [9.17, 15) is 0 Å². The van der Waals surface area contributed by atoms with Gasteiger partial charge in [0.05, 0.1) is 12.8 Å². The maximum atomic E-state index is 6.15. The van der Waals surface area contributed by atoms with Crippen LogP contribution >= 0.6 is 0 Å². The first-order valence-electron chi connectivity index (χ1n) is 13.6. The fraction of sp³-hybridized carbons (Fsp3) is 0.333. The van der Waals surface area contributed by atoms with Crippen molar-refractivity contribution in [3.8, 4) is 0 Å². The first-order chi connectivity index (χ1) is 21.2. The molecule has 242 valence electrons. The predicted octanol–water partition coefficient (Wildman–Crippen LogP) is 0.733. The third-order valence-electron chi connectivity index (χ3n) is 6.30. The molecule has 0 aliphatic heterocycles. The van der Waals surface area contributed by atoms with E-state index in [-0.39, 0.29) is 42.3 Å². The quantitative estimate of drug-likeness (QED) is 0.150. The molecule has 0 amide bonds. The average Bonchev–Trinajstić information content (AvgIpc) is 3.68. The first-order valence-corrected chi connectivity index (χ1v) is 13.6. The number of aliphatic imine (C=N–C) groups is 6. The van der Waals surface area contributed by atoms with Crippen LogP contribution in [0.4, 0.5) is 17.1 Å². The zero-order chi connectivity index (χ0) is 33.3. The number of rotatable bonds is 8. The van der Waals surface area contributed by atoms with E-state index >= 15 is 0 Å². The van der Waals surface area contributed by atoms with Crippen molar-refractivity contribution in [1.29, 1.82) is 0 Å². The maximum absolute atomic E-state index is 6.15. The molecular formula is C27H41N15O3. The minimum absolute atomic E-state index is 0.00465. The zero-order valence-corrected chi connectivity index (χ0v) is 26.2. The highest BCUT2D eigenvalue weighted by Gasteiger charge is 2.14. The van der Waals surface area contributed by atoms with E-state index < -0.39 is 0 Å². The van der Waals surface area contributed by atoms with E-state index in [1.165, 1.54) is 18.8 Å². The van der Waals surface area contributed by atoms with Crippen LogP contribution in [0.3, 0.4) is 0 Å². The molecule has 0 unspecified atom stereocenters. The molecule has 45 heavy (non-hydrogen) atoms. The Balaban J connectivity index is 1.57. The topological polar surface area (TPSA) is 279 Å². The summed E-state index contributed by atoms with van der Waals surface area (Å²) < 4.78 is 16.5. The largest absolute Gasteiger partial charge is 0.467 e. The number of guanidine groups is 6. The normalized spacial score (nSPS) is 13.8. The molecule has 3 rings (SSSR count). The monoisotopic (exact) mass is 623 g/mol. The van der Waals surface area contributed by atoms with Crippen molar-refractivity contribution in [2.24, 2.45) is 64.4 Å². The molecule has 0 bridgehead atoms. The fourth-order valence-corrected chi connectivity index (χ4v) is 3.53. The molecule has 3 heterocycles. The van der Waals surface area contributed by atoms with Gasteiger partial charge in [0, 0.05) is 58.9 Å². The van der Waals surface area contributed by atoms with E-state index in [1.807, 2.05) is 6.92 Å². The third-order valence-corrected chi connectivity index (χ3v) is 6.30. The maximum Gasteiger partial charge on any atom is 0.223 e. The summed E-state index contributed by atoms with van der Waals surface area (Å²) >= 11 is 0. The van der Waals surface area contributed by atoms with Crippen LogP contribution in [0.2, 0.25) is 0 Å². The van der Waals surface area contributed by atoms with Crippen molar-refractivity contribution in [2.45, 2.75) is 26.8 Å². The van der Waals surface area contributed by atoms with Crippen LogP contribution < -0.4 is 34.4 Å². The van der Waals surface area contributed by atoms with Crippen molar-refractivity contribution in [1.82, 2.24) is 14.7 Å². The number of likely N-dealkylation sites (N-methyl/N-ethyl adjacent to an activating group) is 1. The smallest absolute Gasteiger partial charge is 0.223 e. The lowest BCUT2D eigenvalue weighted by Gasteiger charge is -2.16. The molecule has 0 radical (unpaired) electrons. The second kappa shape index (κ2) is 15.0. The van der Waals surface area contributed by atoms with Gasteiger partial charge in [0.1, 0.15) is 46.9 Å². The summed E-state index contributed by atoms with van der Waals surface area (Å²) in [4.78, 5) is 30.0. The number of hydrogen-bond acceptors (Lipinski definition) is 6. The molecule has 0 aliphatic carbocycles. The molecule has 0 saturated heterocycles. The second-order valence-corrected chi connectivity index (χ2v) is 10.0. The number of furan rings is 3. The van der Waals surface area contributed by atoms with Gasteiger partial charge >= 0.3 is 0 Å². The first kappa shape index (κ1) is 33.6. The summed E-state index contributed by atoms with van der Waals surface area (Å²) in [5, 5.41) is 0. The Hall–Kier alpha value is -5.94. The zero-order valence-electron chi connectivity index (χ0n) is 26.2. The van der Waals surface area contributed by atoms with E-state index in [4.69, 9.17) is 47.7 Å². The summed E-state index contributed by atoms with van der Waals surface area (Å²) in [7, 11) is 6.99. The number of aryl methyl sites for hydroxylation is 1. The SMILES string of the molecule is Cc1occc1N=C(N)N=C(N)N(C)CCc1cc(N=C(N)N=C(N)N(C)Cc2occ(N=C(N)N=C(N)N(C)C)c2C)co1. The molecular weight excluding hydrogens is 582 g/mol. The molecule has 0 spiro atoms. The average molecular weight is 624 g/mol. The standard InChI is InChI=1S/C27H41N15O3/c1-15-20(36-24(30)37-25(31)40(3)4)14-45-21(15)12-42(6)27(33)38-22(28)34-17-11-18(44-13-17)7-9-41(5)26(32)39-23(29)35-19-8-10-43-16(19)2/h8,10-11,13-14H,7,9,12H2,1-6H3,(H4,28,33,34,38)(H4,29,32,35,39)(H4,30,31,36,37). The van der Waals surface area contributed by atoms with Gasteiger partial charge in [-0.2, -0.15) is 15.0 Å². The van der Waals surface area contributed by atoms with Gasteiger partial charge in [-0.1, -0.05) is 0 Å². The molecule has 18 nitrogen and oxygen atoms in total. The lowest BCUT2D eigenvalue weighted by molar-refractivity contribution is 0.406. The van der Waals surface area contributed by atoms with E-state index in [1.54, 1.807) is 61.9 Å². The van der Waals surface area contributed by atoms with Crippen molar-refractivity contribution in [3.05, 3.63) is 53.8 Å². The number of nitrogens with two attached hydrogens (primary N) is 6. The molecule has 12 N–H and O–H groups in total. The third kappa shape index (κ3) is 9.80. The number of nitrogens with zero attached hydrogens (tertiary/aromatic N) is 9. The summed E-state index contributed by atoms with van der Waals surface area (Å²) in [6, 6.07) is 3.42. The summed E-state index contributed by atoms with van der Waals surface area (Å²) in [6.07, 6.45) is 4.96. The van der Waals surface area contributed by atoms with E-state index in [2.05, 4.69) is 30.0 Å². The van der Waals surface area contributed by atoms with Crippen LogP contribution in [0, 0.1) is 13.8 Å². The van der Waals surface area contributed by atoms with E-state index in [0.29, 0.717) is 47.3 Å². The molecule has 0 fully saturated rings. The van der Waals surface area contributed by atoms with Gasteiger partial charge in [0.25, 0.3) is 0 Å². The second-order valence-electron chi connectivity index (χ2n) is 10.0. The highest BCUT2D eigenvalue weighted by molar-refractivity contribution is 5.95. The molecule has 0 aromatic carbocycles. The van der Waals surface area contributed by atoms with Crippen LogP contribution in [0.25, 0.3) is 0 Å². The van der Waals surface area contributed by atoms with Crippen LogP contribution in [0.1, 0.15) is 22.8 Å². The van der Waals surface area contributed by atoms with Crippen molar-refractivity contribution in [3.63, 3.8) is 0 Å². The summed E-state index contributed by atoms with van der Waals surface area (Å²) in [6.45, 7) is 4.38. The molecule has 0 aliphatic rings. The minimum atomic E-state index is -0.0617. The summed E-state index contributed by atoms with van der Waals surface area (Å²) in [5.41, 5.74) is 38.1. The lowest BCUT2D eigenvalue weighted by atomic mass is 10.2. The van der Waals surface area contributed by atoms with Gasteiger partial charge in [-0.25, -0.2) is 15.0 Å². The Labute approximate surface area is 260 Å². The Bertz CT molecular complexity index is 1640. The van der Waals surface area contributed by atoms with Crippen LogP contribution in [-0.4, -0.2) is 85.2 Å². The van der Waals surface area contributed by atoms with Crippen LogP contribution in [0.15, 0.2) is 74.1 Å². The molecule has 0 atom stereocenters. The van der Waals surface area contributed by atoms with Gasteiger partial charge in [0.2, 0.25) is 17.9 Å². The van der Waals surface area contributed by atoms with E-state index in [0.717, 1.165) is 5.56 Å². The highest BCUT2D eigenvalue weighted by Crippen LogP contribution is 2.25. The van der Waals surface area contributed by atoms with Crippen molar-refractivity contribution < 1.29 is 13.3 Å².